The summed E-state index contributed by atoms with van der Waals surface area (Å²) in [5.74, 6) is -6.49. The van der Waals surface area contributed by atoms with E-state index in [2.05, 4.69) is 31.0 Å². The van der Waals surface area contributed by atoms with Gasteiger partial charge in [-0.25, -0.2) is 0 Å². The smallest absolute Gasteiger partial charge is 0.312 e. The number of nitrogens with zero attached hydrogens (tertiary/aromatic N) is 3. The molecule has 0 aromatic heterocycles. The molecule has 1 saturated heterocycles. The van der Waals surface area contributed by atoms with Crippen LogP contribution in [0.5, 0.6) is 17.2 Å². The quantitative estimate of drug-likeness (QED) is 0.200. The second kappa shape index (κ2) is 17.7. The van der Waals surface area contributed by atoms with E-state index in [1.807, 2.05) is 0 Å². The van der Waals surface area contributed by atoms with E-state index in [-0.39, 0.29) is 55.4 Å². The second-order valence-corrected chi connectivity index (χ2v) is 18.3. The lowest BCUT2D eigenvalue weighted by molar-refractivity contribution is -0.160. The predicted molar refractivity (Wildman–Crippen MR) is 232 cm³/mol. The summed E-state index contributed by atoms with van der Waals surface area (Å²) in [6.07, 6.45) is 5.01. The number of Topliss-reactive ketones (excluding diaryl/α,β-unsaturated/α-hetero) is 1. The number of phenols is 2. The predicted octanol–water partition coefficient (Wildman–Crippen LogP) is 5.14. The van der Waals surface area contributed by atoms with Crippen LogP contribution >= 0.6 is 0 Å². The van der Waals surface area contributed by atoms with Crippen LogP contribution in [0.1, 0.15) is 98.0 Å². The molecule has 2 aromatic carbocycles. The molecular formula is C47H64N4O11. The monoisotopic (exact) mass is 860 g/mol. The average molecular weight is 861 g/mol. The van der Waals surface area contributed by atoms with Crippen LogP contribution in [-0.4, -0.2) is 105 Å². The number of rotatable bonds is 4. The first-order valence-electron chi connectivity index (χ1n) is 21.7. The number of esters is 1. The number of aliphatic hydroxyl groups excluding tert-OH is 2. The van der Waals surface area contributed by atoms with Gasteiger partial charge in [0, 0.05) is 93.1 Å². The Labute approximate surface area is 363 Å². The molecule has 0 radical (unpaired) electrons. The molecule has 1 amide bonds. The van der Waals surface area contributed by atoms with Gasteiger partial charge in [-0.15, -0.1) is 0 Å². The number of carbonyl (C=O) groups is 3. The fourth-order valence-electron chi connectivity index (χ4n) is 9.30. The van der Waals surface area contributed by atoms with E-state index < -0.39 is 82.9 Å². The minimum absolute atomic E-state index is 0.0352. The van der Waals surface area contributed by atoms with Crippen molar-refractivity contribution in [1.82, 2.24) is 4.90 Å². The Morgan fingerprint density at radius 3 is 2.19 bits per heavy atom. The van der Waals surface area contributed by atoms with Gasteiger partial charge < -0.3 is 49.6 Å². The molecular weight excluding hydrogens is 797 g/mol. The number of ketones is 1. The van der Waals surface area contributed by atoms with Gasteiger partial charge in [-0.1, -0.05) is 59.8 Å². The molecule has 4 bridgehead atoms. The van der Waals surface area contributed by atoms with E-state index >= 15 is 0 Å². The van der Waals surface area contributed by atoms with Crippen molar-refractivity contribution >= 4 is 34.1 Å². The number of hydrogen-bond donors (Lipinski definition) is 5. The first-order chi connectivity index (χ1) is 29.1. The second-order valence-electron chi connectivity index (χ2n) is 18.3. The minimum atomic E-state index is -1.96. The van der Waals surface area contributed by atoms with Gasteiger partial charge in [0.05, 0.1) is 40.9 Å². The number of aromatic hydroxyl groups is 2. The fourth-order valence-corrected chi connectivity index (χ4v) is 9.30. The number of anilines is 1. The Balaban J connectivity index is 1.54. The summed E-state index contributed by atoms with van der Waals surface area (Å²) in [7, 11) is 1.47. The van der Waals surface area contributed by atoms with Crippen molar-refractivity contribution in [1.29, 1.82) is 0 Å². The number of allylic oxidation sites excluding steroid dienone is 2. The summed E-state index contributed by atoms with van der Waals surface area (Å²) in [5, 5.41) is 50.3. The number of ether oxygens (including phenoxy) is 4. The van der Waals surface area contributed by atoms with Crippen molar-refractivity contribution in [2.45, 2.75) is 131 Å². The fraction of sp³-hybridized carbons (Fsp3) is 0.596. The largest absolute Gasteiger partial charge is 0.507 e. The van der Waals surface area contributed by atoms with Gasteiger partial charge in [-0.3, -0.25) is 24.4 Å². The van der Waals surface area contributed by atoms with Gasteiger partial charge in [-0.05, 0) is 32.8 Å². The topological polar surface area (TPSA) is 209 Å². The number of hydrogen-bond acceptors (Lipinski definition) is 14. The number of amides is 1. The molecule has 1 unspecified atom stereocenters. The summed E-state index contributed by atoms with van der Waals surface area (Å²) < 4.78 is 24.0. The lowest BCUT2D eigenvalue weighted by Gasteiger charge is -2.40. The van der Waals surface area contributed by atoms with Crippen LogP contribution in [0.4, 0.5) is 5.69 Å². The van der Waals surface area contributed by atoms with Crippen LogP contribution in [0.15, 0.2) is 46.1 Å². The van der Waals surface area contributed by atoms with Crippen molar-refractivity contribution in [2.24, 2.45) is 39.6 Å². The van der Waals surface area contributed by atoms with Crippen molar-refractivity contribution in [3.05, 3.63) is 58.0 Å². The van der Waals surface area contributed by atoms with Crippen LogP contribution in [0, 0.1) is 36.5 Å². The van der Waals surface area contributed by atoms with E-state index in [9.17, 15) is 34.8 Å². The number of carbonyl (C=O) groups excluding carboxylic acids is 3. The zero-order valence-corrected chi connectivity index (χ0v) is 38.0. The standard InChI is InChI=1S/C47H64N4O11/c1-22(2)29(9)51-19-17-47(18-20-51)49-35-32-33-40(55)28(8)43-34(32)44(57)46(11,62-43)60-21-16-31(59-12)25(5)42(61-30(10)52)27(7)39(54)26(6)38(53)23(3)14-13-15-24(4)45(58)48-37(41(33)56)36(35)50-47/h13-16,21-23,25-27,29,31,38-39,42,53-56H,17-20H2,1-12H3,(H,48,58)/b14-13-,21-16-,24-15+/t23-,25-,26+,27+,29?,31-,38-,39+,42-,46-/m0/s1. The van der Waals surface area contributed by atoms with E-state index in [0.29, 0.717) is 37.9 Å². The number of methoxy groups -OCH3 is 1. The lowest BCUT2D eigenvalue weighted by atomic mass is 9.78. The van der Waals surface area contributed by atoms with Gasteiger partial charge >= 0.3 is 11.8 Å². The first-order valence-corrected chi connectivity index (χ1v) is 21.7. The number of benzene rings is 2. The number of phenolic OH excluding ortho intramolecular Hbond substituents is 2. The number of fused-ring (bicyclic) bond motifs is 1. The molecule has 0 saturated carbocycles. The molecule has 0 aliphatic carbocycles. The van der Waals surface area contributed by atoms with Crippen molar-refractivity contribution in [3.63, 3.8) is 0 Å². The van der Waals surface area contributed by atoms with Crippen LogP contribution < -0.4 is 20.8 Å². The van der Waals surface area contributed by atoms with Gasteiger partial charge in [0.15, 0.2) is 11.4 Å². The minimum Gasteiger partial charge on any atom is -0.507 e. The molecule has 15 heteroatoms. The average Bonchev–Trinajstić information content (AvgIpc) is 3.73. The van der Waals surface area contributed by atoms with Crippen LogP contribution in [-0.2, 0) is 23.8 Å². The van der Waals surface area contributed by atoms with Gasteiger partial charge in [0.2, 0.25) is 0 Å². The normalized spacial score (nSPS) is 32.9. The zero-order chi connectivity index (χ0) is 45.7. The highest BCUT2D eigenvalue weighted by Crippen LogP contribution is 2.50. The van der Waals surface area contributed by atoms with Crippen molar-refractivity contribution in [3.8, 4) is 17.2 Å². The molecule has 15 nitrogen and oxygen atoms in total. The Morgan fingerprint density at radius 2 is 1.58 bits per heavy atom. The number of aliphatic hydroxyl groups is 2. The highest BCUT2D eigenvalue weighted by Gasteiger charge is 2.50. The third-order valence-electron chi connectivity index (χ3n) is 13.7. The maximum Gasteiger partial charge on any atom is 0.312 e. The molecule has 4 aliphatic heterocycles. The molecule has 2 aromatic rings. The highest BCUT2D eigenvalue weighted by molar-refractivity contribution is 6.19. The summed E-state index contributed by atoms with van der Waals surface area (Å²) in [4.78, 5) is 53.8. The van der Waals surface area contributed by atoms with E-state index in [4.69, 9.17) is 28.9 Å². The molecule has 6 rings (SSSR count). The lowest BCUT2D eigenvalue weighted by Crippen LogP contribution is -2.47. The van der Waals surface area contributed by atoms with Crippen LogP contribution in [0.3, 0.4) is 0 Å². The molecule has 338 valence electrons. The van der Waals surface area contributed by atoms with Crippen LogP contribution in [0.2, 0.25) is 0 Å². The molecule has 62 heavy (non-hydrogen) atoms. The van der Waals surface area contributed by atoms with Gasteiger partial charge in [-0.2, -0.15) is 0 Å². The van der Waals surface area contributed by atoms with Crippen molar-refractivity contribution < 1.29 is 53.8 Å². The van der Waals surface area contributed by atoms with E-state index in [1.54, 1.807) is 65.8 Å². The summed E-state index contributed by atoms with van der Waals surface area (Å²) >= 11 is 0. The first kappa shape index (κ1) is 46.7. The maximum absolute atomic E-state index is 14.8. The SMILES string of the molecule is CO[C@H]1/C=C\O[C@@]2(C)Oc3c(C)c(O)c4c(O)c(c5c(c4c3C2=O)=NC2(CCN(C(C)C(C)C)CC2)N=5)NC(=O)/C(C)=C/C=C\[C@H](C)[C@H](O)[C@@H](C)[C@@H](O)[C@@H](C)[C@@H](OC(C)=O)[C@H]1C. The Bertz CT molecular complexity index is 2330. The third-order valence-corrected chi connectivity index (χ3v) is 13.7. The molecule has 10 atom stereocenters. The van der Waals surface area contributed by atoms with Crippen LogP contribution in [0.25, 0.3) is 10.8 Å². The summed E-state index contributed by atoms with van der Waals surface area (Å²) in [6, 6.07) is 0.319. The Morgan fingerprint density at radius 1 is 0.935 bits per heavy atom. The molecule has 1 spiro atoms. The van der Waals surface area contributed by atoms with E-state index in [1.165, 1.54) is 27.2 Å². The number of nitrogens with one attached hydrogen (secondary N) is 1. The molecule has 1 fully saturated rings. The van der Waals surface area contributed by atoms with E-state index in [0.717, 1.165) is 0 Å². The van der Waals surface area contributed by atoms with Gasteiger partial charge in [0.25, 0.3) is 11.7 Å². The zero-order valence-electron chi connectivity index (χ0n) is 38.0. The Kier molecular flexibility index (Phi) is 13.4. The molecule has 4 heterocycles. The summed E-state index contributed by atoms with van der Waals surface area (Å²) in [6.45, 7) is 20.8. The number of piperidine rings is 1. The Hall–Kier alpha value is -4.83. The third kappa shape index (κ3) is 8.36. The number of likely N-dealkylation sites (tertiary alicyclic amines) is 1. The maximum atomic E-state index is 14.8. The highest BCUT2D eigenvalue weighted by atomic mass is 16.7. The molecule has 5 N–H and O–H groups in total. The van der Waals surface area contributed by atoms with Gasteiger partial charge in [0.1, 0.15) is 28.6 Å². The summed E-state index contributed by atoms with van der Waals surface area (Å²) in [5.41, 5.74) is -0.591. The van der Waals surface area contributed by atoms with Crippen molar-refractivity contribution in [2.75, 3.05) is 25.5 Å². The molecule has 4 aliphatic rings.